The molecule has 2 fully saturated rings. The first-order chi connectivity index (χ1) is 18.6. The van der Waals surface area contributed by atoms with Crippen LogP contribution < -0.4 is 21.3 Å². The van der Waals surface area contributed by atoms with Gasteiger partial charge in [-0.2, -0.15) is 5.10 Å². The van der Waals surface area contributed by atoms with Gasteiger partial charge in [0.15, 0.2) is 6.29 Å². The Hall–Kier alpha value is -3.54. The van der Waals surface area contributed by atoms with E-state index in [0.717, 1.165) is 28.6 Å². The first kappa shape index (κ1) is 28.5. The van der Waals surface area contributed by atoms with E-state index < -0.39 is 5.60 Å². The molecule has 39 heavy (non-hydrogen) atoms. The third-order valence-electron chi connectivity index (χ3n) is 7.05. The third-order valence-corrected chi connectivity index (χ3v) is 7.92. The molecule has 4 heterocycles. The van der Waals surface area contributed by atoms with Gasteiger partial charge >= 0.3 is 0 Å². The lowest BCUT2D eigenvalue weighted by atomic mass is 9.54. The van der Waals surface area contributed by atoms with E-state index in [0.29, 0.717) is 29.1 Å². The van der Waals surface area contributed by atoms with Gasteiger partial charge in [0.1, 0.15) is 12.4 Å². The van der Waals surface area contributed by atoms with Gasteiger partial charge in [0.05, 0.1) is 44.9 Å². The topological polar surface area (TPSA) is 152 Å². The molecule has 0 atom stereocenters. The highest BCUT2D eigenvalue weighted by molar-refractivity contribution is 7.17. The van der Waals surface area contributed by atoms with E-state index in [9.17, 15) is 19.5 Å². The summed E-state index contributed by atoms with van der Waals surface area (Å²) in [6.07, 6.45) is 10.1. The van der Waals surface area contributed by atoms with Crippen LogP contribution in [0.4, 0.5) is 0 Å². The van der Waals surface area contributed by atoms with Crippen LogP contribution in [0.25, 0.3) is 15.7 Å². The van der Waals surface area contributed by atoms with Gasteiger partial charge < -0.3 is 25.9 Å². The number of hydrogen-bond acceptors (Lipinski definition) is 8. The second-order valence-electron chi connectivity index (χ2n) is 10.7. The van der Waals surface area contributed by atoms with Crippen LogP contribution in [0.2, 0.25) is 0 Å². The number of ether oxygens (including phenoxy) is 1. The number of H-pyrrole nitrogens is 1. The summed E-state index contributed by atoms with van der Waals surface area (Å²) < 4.78 is 8.14. The molecular formula is C28H35N5O5S. The highest BCUT2D eigenvalue weighted by Gasteiger charge is 2.48. The lowest BCUT2D eigenvalue weighted by Gasteiger charge is -2.54. The molecule has 10 nitrogen and oxygen atoms in total. The van der Waals surface area contributed by atoms with Crippen LogP contribution in [-0.2, 0) is 0 Å². The molecule has 2 aliphatic rings. The molecule has 0 aliphatic heterocycles. The van der Waals surface area contributed by atoms with Crippen molar-refractivity contribution in [3.05, 3.63) is 63.5 Å². The molecule has 208 valence electrons. The fourth-order valence-electron chi connectivity index (χ4n) is 4.95. The lowest BCUT2D eigenvalue weighted by molar-refractivity contribution is -0.000603. The summed E-state index contributed by atoms with van der Waals surface area (Å²) in [5, 5.41) is 19.0. The number of carbonyl (C=O) groups is 2. The standard InChI is InChI=1S/C19H25N3O3.C8H5NO2S.CH5N/c1-18(2,24)12-25-14-4-5-16-15(10-20-22(16)11-14)17(23)21-13-8-19(9-13)6-3-7-19;10-4-5-3-7-6(1-2-12-7)9-8(5)11;1-2/h4-5,10-11,13,24H,3,6-9,12H2,1-2H3,(H,21,23);1-4H,(H,9,11);2H2,1H3. The van der Waals surface area contributed by atoms with Crippen molar-refractivity contribution in [2.75, 3.05) is 13.7 Å². The van der Waals surface area contributed by atoms with E-state index in [1.807, 2.05) is 17.5 Å². The summed E-state index contributed by atoms with van der Waals surface area (Å²) in [6.45, 7) is 3.57. The molecule has 2 saturated carbocycles. The summed E-state index contributed by atoms with van der Waals surface area (Å²) in [6, 6.07) is 7.35. The van der Waals surface area contributed by atoms with Crippen LogP contribution in [0.1, 0.15) is 66.7 Å². The second-order valence-corrected chi connectivity index (χ2v) is 11.6. The quantitative estimate of drug-likeness (QED) is 0.267. The van der Waals surface area contributed by atoms with E-state index in [2.05, 4.69) is 21.1 Å². The minimum Gasteiger partial charge on any atom is -0.489 e. The average molecular weight is 554 g/mol. The van der Waals surface area contributed by atoms with Crippen LogP contribution in [0.5, 0.6) is 5.75 Å². The minimum atomic E-state index is -0.898. The Kier molecular flexibility index (Phi) is 8.53. The summed E-state index contributed by atoms with van der Waals surface area (Å²) >= 11 is 1.50. The number of aromatic nitrogens is 3. The number of hydrogen-bond donors (Lipinski definition) is 4. The number of nitrogens with two attached hydrogens (primary N) is 1. The first-order valence-corrected chi connectivity index (χ1v) is 13.8. The van der Waals surface area contributed by atoms with Crippen LogP contribution >= 0.6 is 11.3 Å². The largest absolute Gasteiger partial charge is 0.489 e. The summed E-state index contributed by atoms with van der Waals surface area (Å²) in [7, 11) is 1.50. The van der Waals surface area contributed by atoms with Crippen molar-refractivity contribution in [2.45, 2.75) is 57.6 Å². The van der Waals surface area contributed by atoms with Gasteiger partial charge in [-0.05, 0) is 81.6 Å². The number of thiophene rings is 1. The molecule has 4 aromatic rings. The minimum absolute atomic E-state index is 0.0562. The maximum Gasteiger partial charge on any atom is 0.259 e. The number of aromatic amines is 1. The van der Waals surface area contributed by atoms with Crippen LogP contribution in [0.3, 0.4) is 0 Å². The Labute approximate surface area is 230 Å². The zero-order valence-electron chi connectivity index (χ0n) is 22.4. The van der Waals surface area contributed by atoms with Crippen molar-refractivity contribution in [1.82, 2.24) is 19.9 Å². The van der Waals surface area contributed by atoms with E-state index in [-0.39, 0.29) is 23.6 Å². The Bertz CT molecular complexity index is 1500. The van der Waals surface area contributed by atoms with Gasteiger partial charge in [-0.3, -0.25) is 14.4 Å². The van der Waals surface area contributed by atoms with Crippen LogP contribution in [0, 0.1) is 5.41 Å². The van der Waals surface area contributed by atoms with Crippen LogP contribution in [-0.4, -0.2) is 57.2 Å². The molecule has 5 N–H and O–H groups in total. The Morgan fingerprint density at radius 2 is 2.08 bits per heavy atom. The maximum atomic E-state index is 12.6. The molecule has 0 unspecified atom stereocenters. The van der Waals surface area contributed by atoms with Crippen molar-refractivity contribution in [3.63, 3.8) is 0 Å². The van der Waals surface area contributed by atoms with Crippen molar-refractivity contribution in [1.29, 1.82) is 0 Å². The number of amides is 1. The predicted molar refractivity (Wildman–Crippen MR) is 152 cm³/mol. The maximum absolute atomic E-state index is 12.6. The number of nitrogens with one attached hydrogen (secondary N) is 2. The smallest absolute Gasteiger partial charge is 0.259 e. The SMILES string of the molecule is CC(C)(O)COc1ccc2c(C(=O)NC3CC4(CCC4)C3)cnn2c1.CN.O=Cc1cc2sccc2[nH]c1=O. The molecule has 0 saturated heterocycles. The predicted octanol–water partition coefficient (Wildman–Crippen LogP) is 3.52. The van der Waals surface area contributed by atoms with Gasteiger partial charge in [0.25, 0.3) is 11.5 Å². The summed E-state index contributed by atoms with van der Waals surface area (Å²) in [5.41, 5.74) is 6.14. The Morgan fingerprint density at radius 3 is 2.72 bits per heavy atom. The van der Waals surface area contributed by atoms with Gasteiger partial charge in [-0.15, -0.1) is 11.3 Å². The third kappa shape index (κ3) is 6.55. The molecule has 4 aromatic heterocycles. The molecule has 0 bridgehead atoms. The molecule has 1 amide bonds. The van der Waals surface area contributed by atoms with Crippen molar-refractivity contribution in [3.8, 4) is 5.75 Å². The number of pyridine rings is 2. The molecule has 11 heteroatoms. The number of aliphatic hydroxyl groups is 1. The number of fused-ring (bicyclic) bond motifs is 2. The summed E-state index contributed by atoms with van der Waals surface area (Å²) in [5.74, 6) is 0.551. The fraction of sp³-hybridized carbons (Fsp3) is 0.429. The Balaban J connectivity index is 0.000000211. The van der Waals surface area contributed by atoms with E-state index >= 15 is 0 Å². The molecular weight excluding hydrogens is 518 g/mol. The van der Waals surface area contributed by atoms with Crippen molar-refractivity contribution < 1.29 is 19.4 Å². The van der Waals surface area contributed by atoms with E-state index in [1.165, 1.54) is 37.6 Å². The number of aldehydes is 1. The van der Waals surface area contributed by atoms with Gasteiger partial charge in [0, 0.05) is 6.04 Å². The number of nitrogens with zero attached hydrogens (tertiary/aromatic N) is 2. The number of carbonyl (C=O) groups excluding carboxylic acids is 2. The highest BCUT2D eigenvalue weighted by atomic mass is 32.1. The molecule has 1 spiro atoms. The highest BCUT2D eigenvalue weighted by Crippen LogP contribution is 2.55. The number of rotatable bonds is 6. The molecule has 6 rings (SSSR count). The lowest BCUT2D eigenvalue weighted by Crippen LogP contribution is -2.53. The zero-order valence-corrected chi connectivity index (χ0v) is 23.2. The fourth-order valence-corrected chi connectivity index (χ4v) is 5.74. The van der Waals surface area contributed by atoms with Gasteiger partial charge in [-0.1, -0.05) is 6.42 Å². The first-order valence-electron chi connectivity index (χ1n) is 12.9. The van der Waals surface area contributed by atoms with E-state index in [4.69, 9.17) is 4.74 Å². The normalized spacial score (nSPS) is 15.8. The molecule has 2 aliphatic carbocycles. The zero-order chi connectivity index (χ0) is 28.2. The summed E-state index contributed by atoms with van der Waals surface area (Å²) in [4.78, 5) is 36.6. The van der Waals surface area contributed by atoms with Crippen LogP contribution in [0.15, 0.2) is 46.8 Å². The van der Waals surface area contributed by atoms with Crippen molar-refractivity contribution >= 4 is 39.3 Å². The van der Waals surface area contributed by atoms with E-state index in [1.54, 1.807) is 42.9 Å². The average Bonchev–Trinajstić information content (AvgIpc) is 3.50. The van der Waals surface area contributed by atoms with Crippen molar-refractivity contribution in [2.24, 2.45) is 11.1 Å². The molecule has 0 aromatic carbocycles. The monoisotopic (exact) mass is 553 g/mol. The Morgan fingerprint density at radius 1 is 1.33 bits per heavy atom. The van der Waals surface area contributed by atoms with Gasteiger partial charge in [-0.25, -0.2) is 4.52 Å². The molecule has 0 radical (unpaired) electrons. The van der Waals surface area contributed by atoms with Gasteiger partial charge in [0.2, 0.25) is 0 Å². The second kappa shape index (κ2) is 11.7.